The summed E-state index contributed by atoms with van der Waals surface area (Å²) in [6, 6.07) is 0.249. The van der Waals surface area contributed by atoms with Crippen molar-refractivity contribution < 1.29 is 9.21 Å². The molecule has 0 spiro atoms. The fourth-order valence-corrected chi connectivity index (χ4v) is 0.972. The lowest BCUT2D eigenvalue weighted by Gasteiger charge is -2.12. The van der Waals surface area contributed by atoms with E-state index in [1.54, 1.807) is 6.20 Å². The highest BCUT2D eigenvalue weighted by atomic mass is 79.9. The molecule has 1 heterocycles. The first-order valence-electron chi connectivity index (χ1n) is 4.25. The zero-order chi connectivity index (χ0) is 10.8. The molecular formula is C9H13BrN2O2. The molecule has 1 aromatic rings. The van der Waals surface area contributed by atoms with Crippen LogP contribution in [0.1, 0.15) is 26.5 Å². The van der Waals surface area contributed by atoms with Gasteiger partial charge in [-0.2, -0.15) is 0 Å². The molecular weight excluding hydrogens is 248 g/mol. The largest absolute Gasteiger partial charge is 0.428 e. The summed E-state index contributed by atoms with van der Waals surface area (Å²) >= 11 is 3.04. The predicted molar refractivity (Wildman–Crippen MR) is 57.6 cm³/mol. The second-order valence-corrected chi connectivity index (χ2v) is 4.52. The topological polar surface area (TPSA) is 55.1 Å². The van der Waals surface area contributed by atoms with Gasteiger partial charge in [0, 0.05) is 5.41 Å². The highest BCUT2D eigenvalue weighted by Crippen LogP contribution is 2.24. The van der Waals surface area contributed by atoms with Gasteiger partial charge in [0.15, 0.2) is 0 Å². The van der Waals surface area contributed by atoms with Crippen molar-refractivity contribution in [2.45, 2.75) is 26.2 Å². The standard InChI is InChI=1S/C9H13BrN2O2/c1-9(2,3)6-5-11-8(14-6)12-7(13)4-10/h5H,4H2,1-3H3,(H,11,12,13). The van der Waals surface area contributed by atoms with Crippen molar-refractivity contribution in [3.63, 3.8) is 0 Å². The van der Waals surface area contributed by atoms with E-state index in [9.17, 15) is 4.79 Å². The minimum atomic E-state index is -0.174. The van der Waals surface area contributed by atoms with Gasteiger partial charge in [-0.25, -0.2) is 4.98 Å². The average Bonchev–Trinajstić information content (AvgIpc) is 2.51. The molecule has 0 saturated heterocycles. The summed E-state index contributed by atoms with van der Waals surface area (Å²) in [4.78, 5) is 14.9. The van der Waals surface area contributed by atoms with Gasteiger partial charge in [0.25, 0.3) is 0 Å². The number of halogens is 1. The van der Waals surface area contributed by atoms with E-state index in [-0.39, 0.29) is 22.7 Å². The van der Waals surface area contributed by atoms with Gasteiger partial charge >= 0.3 is 6.01 Å². The van der Waals surface area contributed by atoms with Crippen molar-refractivity contribution in [3.05, 3.63) is 12.0 Å². The molecule has 0 unspecified atom stereocenters. The molecule has 1 rings (SSSR count). The van der Waals surface area contributed by atoms with Crippen LogP contribution in [0, 0.1) is 0 Å². The zero-order valence-corrected chi connectivity index (χ0v) is 10.0. The maximum atomic E-state index is 11.0. The lowest BCUT2D eigenvalue weighted by molar-refractivity contribution is -0.113. The van der Waals surface area contributed by atoms with Gasteiger partial charge in [-0.1, -0.05) is 36.7 Å². The molecule has 0 fully saturated rings. The molecule has 0 bridgehead atoms. The van der Waals surface area contributed by atoms with E-state index in [1.165, 1.54) is 0 Å². The Morgan fingerprint density at radius 1 is 1.64 bits per heavy atom. The van der Waals surface area contributed by atoms with Crippen LogP contribution in [0.4, 0.5) is 6.01 Å². The zero-order valence-electron chi connectivity index (χ0n) is 8.43. The molecule has 0 radical (unpaired) electrons. The number of oxazole rings is 1. The van der Waals surface area contributed by atoms with Gasteiger partial charge in [-0.05, 0) is 0 Å². The van der Waals surface area contributed by atoms with E-state index < -0.39 is 0 Å². The van der Waals surface area contributed by atoms with Gasteiger partial charge in [0.05, 0.1) is 11.5 Å². The number of carbonyl (C=O) groups excluding carboxylic acids is 1. The Hall–Kier alpha value is -0.840. The number of amides is 1. The molecule has 14 heavy (non-hydrogen) atoms. The lowest BCUT2D eigenvalue weighted by atomic mass is 9.94. The number of nitrogens with zero attached hydrogens (tertiary/aromatic N) is 1. The van der Waals surface area contributed by atoms with Crippen LogP contribution in [0.25, 0.3) is 0 Å². The van der Waals surface area contributed by atoms with Gasteiger partial charge < -0.3 is 4.42 Å². The van der Waals surface area contributed by atoms with Gasteiger partial charge in [0.2, 0.25) is 5.91 Å². The Morgan fingerprint density at radius 3 is 2.71 bits per heavy atom. The Bertz CT molecular complexity index is 328. The number of aromatic nitrogens is 1. The van der Waals surface area contributed by atoms with E-state index in [1.807, 2.05) is 20.8 Å². The third-order valence-electron chi connectivity index (χ3n) is 1.61. The highest BCUT2D eigenvalue weighted by molar-refractivity contribution is 9.09. The molecule has 0 aliphatic carbocycles. The van der Waals surface area contributed by atoms with Crippen LogP contribution in [0.3, 0.4) is 0 Å². The van der Waals surface area contributed by atoms with Crippen LogP contribution in [0.2, 0.25) is 0 Å². The van der Waals surface area contributed by atoms with E-state index in [0.717, 1.165) is 5.76 Å². The fraction of sp³-hybridized carbons (Fsp3) is 0.556. The van der Waals surface area contributed by atoms with Crippen molar-refractivity contribution >= 4 is 27.9 Å². The smallest absolute Gasteiger partial charge is 0.301 e. The van der Waals surface area contributed by atoms with Crippen molar-refractivity contribution in [2.75, 3.05) is 10.6 Å². The number of carbonyl (C=O) groups is 1. The highest BCUT2D eigenvalue weighted by Gasteiger charge is 2.19. The minimum absolute atomic E-state index is 0.0929. The molecule has 0 aromatic carbocycles. The van der Waals surface area contributed by atoms with Crippen molar-refractivity contribution in [3.8, 4) is 0 Å². The second kappa shape index (κ2) is 4.13. The van der Waals surface area contributed by atoms with Crippen LogP contribution < -0.4 is 5.32 Å². The summed E-state index contributed by atoms with van der Waals surface area (Å²) in [5.74, 6) is 0.578. The summed E-state index contributed by atoms with van der Waals surface area (Å²) in [7, 11) is 0. The molecule has 1 N–H and O–H groups in total. The van der Waals surface area contributed by atoms with Crippen LogP contribution in [-0.4, -0.2) is 16.2 Å². The molecule has 78 valence electrons. The third kappa shape index (κ3) is 2.83. The Kier molecular flexibility index (Phi) is 3.31. The maximum absolute atomic E-state index is 11.0. The molecule has 1 amide bonds. The molecule has 4 nitrogen and oxygen atoms in total. The summed E-state index contributed by atoms with van der Waals surface area (Å²) in [5, 5.41) is 2.76. The van der Waals surface area contributed by atoms with Gasteiger partial charge in [0.1, 0.15) is 5.76 Å². The molecule has 5 heteroatoms. The SMILES string of the molecule is CC(C)(C)c1cnc(NC(=O)CBr)o1. The monoisotopic (exact) mass is 260 g/mol. The van der Waals surface area contributed by atoms with Crippen molar-refractivity contribution in [1.29, 1.82) is 0 Å². The Labute approximate surface area is 91.2 Å². The van der Waals surface area contributed by atoms with Crippen molar-refractivity contribution in [2.24, 2.45) is 0 Å². The molecule has 1 aromatic heterocycles. The van der Waals surface area contributed by atoms with Crippen LogP contribution in [-0.2, 0) is 10.2 Å². The van der Waals surface area contributed by atoms with Crippen LogP contribution in [0.15, 0.2) is 10.6 Å². The normalized spacial score (nSPS) is 11.4. The Balaban J connectivity index is 2.74. The molecule has 0 atom stereocenters. The second-order valence-electron chi connectivity index (χ2n) is 3.96. The maximum Gasteiger partial charge on any atom is 0.301 e. The number of hydrogen-bond donors (Lipinski definition) is 1. The number of hydrogen-bond acceptors (Lipinski definition) is 3. The van der Waals surface area contributed by atoms with Crippen molar-refractivity contribution in [1.82, 2.24) is 4.98 Å². The number of nitrogens with one attached hydrogen (secondary N) is 1. The average molecular weight is 261 g/mol. The summed E-state index contributed by atoms with van der Waals surface area (Å²) in [5.41, 5.74) is -0.0929. The quantitative estimate of drug-likeness (QED) is 0.831. The van der Waals surface area contributed by atoms with Gasteiger partial charge in [-0.15, -0.1) is 0 Å². The van der Waals surface area contributed by atoms with Crippen LogP contribution in [0.5, 0.6) is 0 Å². The minimum Gasteiger partial charge on any atom is -0.428 e. The molecule has 0 saturated carbocycles. The Morgan fingerprint density at radius 2 is 2.29 bits per heavy atom. The molecule has 0 aliphatic heterocycles. The van der Waals surface area contributed by atoms with E-state index in [4.69, 9.17) is 4.42 Å². The lowest BCUT2D eigenvalue weighted by Crippen LogP contribution is -2.12. The van der Waals surface area contributed by atoms with Gasteiger partial charge in [-0.3, -0.25) is 10.1 Å². The predicted octanol–water partition coefficient (Wildman–Crippen LogP) is 2.31. The van der Waals surface area contributed by atoms with E-state index >= 15 is 0 Å². The number of rotatable bonds is 2. The molecule has 0 aliphatic rings. The van der Waals surface area contributed by atoms with E-state index in [0.29, 0.717) is 0 Å². The summed E-state index contributed by atoms with van der Waals surface area (Å²) in [6.07, 6.45) is 1.63. The summed E-state index contributed by atoms with van der Waals surface area (Å²) in [6.45, 7) is 6.05. The summed E-state index contributed by atoms with van der Waals surface area (Å²) < 4.78 is 5.36. The van der Waals surface area contributed by atoms with E-state index in [2.05, 4.69) is 26.2 Å². The number of anilines is 1. The van der Waals surface area contributed by atoms with Crippen LogP contribution >= 0.6 is 15.9 Å². The fourth-order valence-electron chi connectivity index (χ4n) is 0.831. The number of alkyl halides is 1. The first-order valence-corrected chi connectivity index (χ1v) is 5.38. The first-order chi connectivity index (χ1) is 6.43. The first kappa shape index (κ1) is 11.2. The third-order valence-corrected chi connectivity index (χ3v) is 2.12.